The van der Waals surface area contributed by atoms with E-state index in [4.69, 9.17) is 0 Å². The van der Waals surface area contributed by atoms with Gasteiger partial charge in [0.05, 0.1) is 30.1 Å². The normalized spacial score (nSPS) is 16.8. The lowest BCUT2D eigenvalue weighted by atomic mass is 10.0. The Morgan fingerprint density at radius 1 is 1.36 bits per heavy atom. The smallest absolute Gasteiger partial charge is 0.276 e. The SMILES string of the molecule is C=N/C=C(\C=C(/C)c1ccc2[nH]nc(C(=O)Nc3ccnnc3)c2c1)CN1CCC(F)(F)C1. The maximum absolute atomic E-state index is 13.6. The molecule has 3 heterocycles. The molecule has 3 aromatic rings. The van der Waals surface area contributed by atoms with Crippen molar-refractivity contribution in [3.63, 3.8) is 0 Å². The van der Waals surface area contributed by atoms with Gasteiger partial charge in [-0.25, -0.2) is 8.78 Å². The number of likely N-dealkylation sites (tertiary alicyclic amines) is 1. The van der Waals surface area contributed by atoms with Gasteiger partial charge in [-0.05, 0) is 48.6 Å². The molecule has 0 atom stereocenters. The zero-order valence-corrected chi connectivity index (χ0v) is 18.1. The molecule has 0 bridgehead atoms. The third-order valence-electron chi connectivity index (χ3n) is 5.39. The van der Waals surface area contributed by atoms with Gasteiger partial charge in [-0.2, -0.15) is 15.3 Å². The lowest BCUT2D eigenvalue weighted by Crippen LogP contribution is -2.26. The van der Waals surface area contributed by atoms with Gasteiger partial charge in [0, 0.05) is 31.1 Å². The minimum Gasteiger partial charge on any atom is -0.319 e. The summed E-state index contributed by atoms with van der Waals surface area (Å²) in [4.78, 5) is 18.3. The first kappa shape index (κ1) is 22.4. The summed E-state index contributed by atoms with van der Waals surface area (Å²) in [5.74, 6) is -3.03. The molecule has 0 unspecified atom stereocenters. The molecule has 0 radical (unpaired) electrons. The number of aromatic nitrogens is 4. The van der Waals surface area contributed by atoms with Gasteiger partial charge in [-0.3, -0.25) is 19.8 Å². The number of hydrogen-bond acceptors (Lipinski definition) is 6. The topological polar surface area (TPSA) is 99.2 Å². The summed E-state index contributed by atoms with van der Waals surface area (Å²) in [7, 11) is 0. The van der Waals surface area contributed by atoms with Crippen molar-refractivity contribution in [3.8, 4) is 0 Å². The number of nitrogens with zero attached hydrogens (tertiary/aromatic N) is 5. The molecular weight excluding hydrogens is 428 g/mol. The predicted octanol–water partition coefficient (Wildman–Crippen LogP) is 3.93. The van der Waals surface area contributed by atoms with E-state index in [1.54, 1.807) is 17.2 Å². The second-order valence-electron chi connectivity index (χ2n) is 7.95. The maximum Gasteiger partial charge on any atom is 0.276 e. The highest BCUT2D eigenvalue weighted by Gasteiger charge is 2.38. The first-order valence-corrected chi connectivity index (χ1v) is 10.3. The minimum atomic E-state index is -2.65. The number of anilines is 1. The molecule has 0 aliphatic carbocycles. The van der Waals surface area contributed by atoms with Gasteiger partial charge >= 0.3 is 0 Å². The minimum absolute atomic E-state index is 0.137. The Balaban J connectivity index is 1.57. The number of halogens is 2. The fraction of sp³-hybridized carbons (Fsp3) is 0.261. The number of carbonyl (C=O) groups is 1. The molecule has 1 amide bonds. The number of benzene rings is 1. The standard InChI is InChI=1S/C23H23F2N7O/c1-15(9-16(11-26-2)13-32-8-6-23(24,25)14-32)17-3-4-20-19(10-17)21(31-30-20)22(33)29-18-5-7-27-28-12-18/h3-5,7,9-12H,2,6,8,13-14H2,1H3,(H,30,31)(H,27,29,33)/b15-9+,16-11+. The number of nitrogens with one attached hydrogen (secondary N) is 2. The van der Waals surface area contributed by atoms with Crippen LogP contribution in [0.15, 0.2) is 59.5 Å². The molecule has 10 heteroatoms. The van der Waals surface area contributed by atoms with E-state index in [-0.39, 0.29) is 24.6 Å². The van der Waals surface area contributed by atoms with Gasteiger partial charge in [0.1, 0.15) is 0 Å². The summed E-state index contributed by atoms with van der Waals surface area (Å²) in [6.45, 7) is 5.84. The van der Waals surface area contributed by atoms with E-state index in [1.807, 2.05) is 31.2 Å². The Labute approximate surface area is 189 Å². The van der Waals surface area contributed by atoms with Crippen molar-refractivity contribution in [3.05, 3.63) is 65.8 Å². The van der Waals surface area contributed by atoms with Crippen LogP contribution in [0.4, 0.5) is 14.5 Å². The highest BCUT2D eigenvalue weighted by molar-refractivity contribution is 6.11. The third kappa shape index (κ3) is 5.35. The molecule has 1 aromatic carbocycles. The average Bonchev–Trinajstić information content (AvgIpc) is 3.36. The number of alkyl halides is 2. The number of allylic oxidation sites excluding steroid dienone is 1. The van der Waals surface area contributed by atoms with Crippen LogP contribution in [-0.4, -0.2) is 63.5 Å². The molecule has 1 aliphatic rings. The van der Waals surface area contributed by atoms with Crippen LogP contribution >= 0.6 is 0 Å². The number of aliphatic imine (C=N–C) groups is 1. The van der Waals surface area contributed by atoms with E-state index in [0.717, 1.165) is 16.7 Å². The molecule has 1 aliphatic heterocycles. The molecule has 0 saturated carbocycles. The van der Waals surface area contributed by atoms with Crippen LogP contribution < -0.4 is 5.32 Å². The predicted molar refractivity (Wildman–Crippen MR) is 123 cm³/mol. The fourth-order valence-corrected chi connectivity index (χ4v) is 3.79. The van der Waals surface area contributed by atoms with Gasteiger partial charge < -0.3 is 5.32 Å². The summed E-state index contributed by atoms with van der Waals surface area (Å²) in [6, 6.07) is 7.25. The largest absolute Gasteiger partial charge is 0.319 e. The summed E-state index contributed by atoms with van der Waals surface area (Å²) in [5, 5.41) is 17.9. The van der Waals surface area contributed by atoms with Crippen LogP contribution in [0.25, 0.3) is 16.5 Å². The lowest BCUT2D eigenvalue weighted by Gasteiger charge is -2.16. The van der Waals surface area contributed by atoms with Gasteiger partial charge in [-0.1, -0.05) is 12.1 Å². The number of H-pyrrole nitrogens is 1. The molecule has 33 heavy (non-hydrogen) atoms. The Morgan fingerprint density at radius 3 is 2.91 bits per heavy atom. The maximum atomic E-state index is 13.6. The Hall–Kier alpha value is -3.79. The number of aromatic amines is 1. The number of fused-ring (bicyclic) bond motifs is 1. The van der Waals surface area contributed by atoms with Crippen molar-refractivity contribution < 1.29 is 13.6 Å². The van der Waals surface area contributed by atoms with Crippen molar-refractivity contribution in [2.45, 2.75) is 19.3 Å². The summed E-state index contributed by atoms with van der Waals surface area (Å²) >= 11 is 0. The Bertz CT molecular complexity index is 1230. The number of rotatable bonds is 7. The van der Waals surface area contributed by atoms with Crippen LogP contribution in [0.5, 0.6) is 0 Å². The molecule has 2 N–H and O–H groups in total. The molecule has 170 valence electrons. The van der Waals surface area contributed by atoms with Crippen LogP contribution in [0.1, 0.15) is 29.4 Å². The highest BCUT2D eigenvalue weighted by atomic mass is 19.3. The quantitative estimate of drug-likeness (QED) is 0.419. The Kier molecular flexibility index (Phi) is 6.36. The second-order valence-corrected chi connectivity index (χ2v) is 7.95. The van der Waals surface area contributed by atoms with Crippen molar-refractivity contribution >= 4 is 34.8 Å². The molecule has 8 nitrogen and oxygen atoms in total. The average molecular weight is 451 g/mol. The van der Waals surface area contributed by atoms with Crippen LogP contribution in [-0.2, 0) is 0 Å². The van der Waals surface area contributed by atoms with E-state index >= 15 is 0 Å². The van der Waals surface area contributed by atoms with Crippen LogP contribution in [0.3, 0.4) is 0 Å². The van der Waals surface area contributed by atoms with E-state index < -0.39 is 5.92 Å². The van der Waals surface area contributed by atoms with Crippen molar-refractivity contribution in [1.82, 2.24) is 25.3 Å². The van der Waals surface area contributed by atoms with Gasteiger partial charge in [0.2, 0.25) is 0 Å². The molecule has 2 aromatic heterocycles. The first-order chi connectivity index (χ1) is 15.8. The molecule has 1 fully saturated rings. The van der Waals surface area contributed by atoms with Crippen molar-refractivity contribution in [2.24, 2.45) is 4.99 Å². The van der Waals surface area contributed by atoms with Gasteiger partial charge in [-0.15, -0.1) is 0 Å². The van der Waals surface area contributed by atoms with Crippen LogP contribution in [0, 0.1) is 0 Å². The fourth-order valence-electron chi connectivity index (χ4n) is 3.79. The van der Waals surface area contributed by atoms with E-state index in [9.17, 15) is 13.6 Å². The van der Waals surface area contributed by atoms with E-state index in [2.05, 4.69) is 37.4 Å². The van der Waals surface area contributed by atoms with Gasteiger partial charge in [0.25, 0.3) is 11.8 Å². The summed E-state index contributed by atoms with van der Waals surface area (Å²) < 4.78 is 27.1. The molecule has 1 saturated heterocycles. The zero-order chi connectivity index (χ0) is 23.4. The molecule has 0 spiro atoms. The number of carbonyl (C=O) groups excluding carboxylic acids is 1. The zero-order valence-electron chi connectivity index (χ0n) is 18.1. The summed E-state index contributed by atoms with van der Waals surface area (Å²) in [5.41, 5.74) is 4.01. The van der Waals surface area contributed by atoms with Gasteiger partial charge in [0.15, 0.2) is 5.69 Å². The van der Waals surface area contributed by atoms with Crippen molar-refractivity contribution in [2.75, 3.05) is 25.0 Å². The molecule has 4 rings (SSSR count). The summed E-state index contributed by atoms with van der Waals surface area (Å²) in [6.07, 6.45) is 6.27. The highest BCUT2D eigenvalue weighted by Crippen LogP contribution is 2.28. The van der Waals surface area contributed by atoms with Crippen molar-refractivity contribution in [1.29, 1.82) is 0 Å². The number of amides is 1. The molecular formula is C23H23F2N7O. The monoisotopic (exact) mass is 451 g/mol. The van der Waals surface area contributed by atoms with E-state index in [0.29, 0.717) is 29.7 Å². The second kappa shape index (κ2) is 9.37. The lowest BCUT2D eigenvalue weighted by molar-refractivity contribution is 0.0131. The van der Waals surface area contributed by atoms with E-state index in [1.165, 1.54) is 12.4 Å². The number of hydrogen-bond donors (Lipinski definition) is 2. The van der Waals surface area contributed by atoms with Crippen LogP contribution in [0.2, 0.25) is 0 Å². The first-order valence-electron chi connectivity index (χ1n) is 10.3. The third-order valence-corrected chi connectivity index (χ3v) is 5.39. The Morgan fingerprint density at radius 2 is 2.21 bits per heavy atom.